The van der Waals surface area contributed by atoms with Gasteiger partial charge in [0.2, 0.25) is 0 Å². The molecule has 1 heterocycles. The maximum absolute atomic E-state index is 12.1. The van der Waals surface area contributed by atoms with Crippen molar-refractivity contribution in [1.82, 2.24) is 10.2 Å². The van der Waals surface area contributed by atoms with Gasteiger partial charge in [0, 0.05) is 19.7 Å². The van der Waals surface area contributed by atoms with E-state index in [4.69, 9.17) is 9.84 Å². The Morgan fingerprint density at radius 1 is 1.53 bits per heavy atom. The third-order valence-electron chi connectivity index (χ3n) is 3.51. The van der Waals surface area contributed by atoms with Crippen LogP contribution in [0, 0.1) is 11.8 Å². The van der Waals surface area contributed by atoms with Gasteiger partial charge in [0.1, 0.15) is 0 Å². The van der Waals surface area contributed by atoms with E-state index in [9.17, 15) is 4.79 Å². The molecule has 1 fully saturated rings. The Balaban J connectivity index is 2.37. The highest BCUT2D eigenvalue weighted by atomic mass is 16.5. The molecular weight excluding hydrogens is 244 g/mol. The summed E-state index contributed by atoms with van der Waals surface area (Å²) in [4.78, 5) is 13.9. The quantitative estimate of drug-likeness (QED) is 0.769. The summed E-state index contributed by atoms with van der Waals surface area (Å²) in [6.07, 6.45) is 1.77. The molecule has 0 aromatic heterocycles. The molecule has 5 nitrogen and oxygen atoms in total. The van der Waals surface area contributed by atoms with Gasteiger partial charge in [-0.2, -0.15) is 0 Å². The van der Waals surface area contributed by atoms with Crippen molar-refractivity contribution >= 4 is 6.03 Å². The lowest BCUT2D eigenvalue weighted by Crippen LogP contribution is -2.52. The van der Waals surface area contributed by atoms with E-state index in [1.807, 2.05) is 11.8 Å². The van der Waals surface area contributed by atoms with E-state index >= 15 is 0 Å². The maximum Gasteiger partial charge on any atom is 0.317 e. The highest BCUT2D eigenvalue weighted by Crippen LogP contribution is 2.14. The number of morpholine rings is 1. The number of hydrogen-bond acceptors (Lipinski definition) is 3. The minimum Gasteiger partial charge on any atom is -0.396 e. The molecule has 0 aromatic carbocycles. The summed E-state index contributed by atoms with van der Waals surface area (Å²) in [6.45, 7) is 9.03. The van der Waals surface area contributed by atoms with Crippen LogP contribution in [0.3, 0.4) is 0 Å². The summed E-state index contributed by atoms with van der Waals surface area (Å²) in [5, 5.41) is 12.1. The summed E-state index contributed by atoms with van der Waals surface area (Å²) in [5.74, 6) is 0.932. The standard InChI is InChI=1S/C14H28N2O3/c1-11(2)8-13(4-6-17)9-15-14(18)16-5-7-19-10-12(16)3/h11-13,17H,4-10H2,1-3H3,(H,15,18)/t12-,13-/m1/s1. The molecule has 1 rings (SSSR count). The average molecular weight is 272 g/mol. The summed E-state index contributed by atoms with van der Waals surface area (Å²) in [7, 11) is 0. The van der Waals surface area contributed by atoms with Crippen molar-refractivity contribution in [1.29, 1.82) is 0 Å². The molecule has 1 saturated heterocycles. The Labute approximate surface area is 116 Å². The van der Waals surface area contributed by atoms with E-state index in [-0.39, 0.29) is 18.7 Å². The van der Waals surface area contributed by atoms with Gasteiger partial charge in [-0.25, -0.2) is 4.79 Å². The molecule has 5 heteroatoms. The fourth-order valence-electron chi connectivity index (χ4n) is 2.51. The lowest BCUT2D eigenvalue weighted by atomic mass is 9.94. The molecule has 19 heavy (non-hydrogen) atoms. The molecule has 0 spiro atoms. The average Bonchev–Trinajstić information content (AvgIpc) is 2.36. The van der Waals surface area contributed by atoms with Crippen LogP contribution in [0.25, 0.3) is 0 Å². The van der Waals surface area contributed by atoms with Gasteiger partial charge in [-0.1, -0.05) is 13.8 Å². The number of ether oxygens (including phenoxy) is 1. The van der Waals surface area contributed by atoms with Gasteiger partial charge in [-0.05, 0) is 31.6 Å². The Kier molecular flexibility index (Phi) is 7.16. The number of aliphatic hydroxyl groups is 1. The summed E-state index contributed by atoms with van der Waals surface area (Å²) >= 11 is 0. The van der Waals surface area contributed by atoms with Crippen LogP contribution in [-0.2, 0) is 4.74 Å². The zero-order valence-electron chi connectivity index (χ0n) is 12.4. The molecular formula is C14H28N2O3. The SMILES string of the molecule is CC(C)C[C@@H](CCO)CNC(=O)N1CCOC[C@H]1C. The van der Waals surface area contributed by atoms with Crippen molar-refractivity contribution in [2.24, 2.45) is 11.8 Å². The number of aliphatic hydroxyl groups excluding tert-OH is 1. The van der Waals surface area contributed by atoms with Gasteiger partial charge in [0.15, 0.2) is 0 Å². The van der Waals surface area contributed by atoms with Crippen molar-refractivity contribution in [3.05, 3.63) is 0 Å². The van der Waals surface area contributed by atoms with Crippen LogP contribution in [-0.4, -0.2) is 55.0 Å². The normalized spacial score (nSPS) is 21.5. The number of carbonyl (C=O) groups excluding carboxylic acids is 1. The smallest absolute Gasteiger partial charge is 0.317 e. The van der Waals surface area contributed by atoms with Crippen LogP contribution in [0.1, 0.15) is 33.6 Å². The zero-order chi connectivity index (χ0) is 14.3. The molecule has 2 amide bonds. The zero-order valence-corrected chi connectivity index (χ0v) is 12.4. The third-order valence-corrected chi connectivity index (χ3v) is 3.51. The van der Waals surface area contributed by atoms with Gasteiger partial charge in [-0.15, -0.1) is 0 Å². The first-order valence-electron chi connectivity index (χ1n) is 7.27. The lowest BCUT2D eigenvalue weighted by molar-refractivity contribution is 0.0187. The minimum absolute atomic E-state index is 0.0116. The van der Waals surface area contributed by atoms with Crippen molar-refractivity contribution < 1.29 is 14.6 Å². The van der Waals surface area contributed by atoms with E-state index in [1.54, 1.807) is 0 Å². The van der Waals surface area contributed by atoms with Crippen LogP contribution < -0.4 is 5.32 Å². The second-order valence-corrected chi connectivity index (χ2v) is 5.81. The number of nitrogens with one attached hydrogen (secondary N) is 1. The van der Waals surface area contributed by atoms with E-state index < -0.39 is 0 Å². The maximum atomic E-state index is 12.1. The van der Waals surface area contributed by atoms with Crippen LogP contribution >= 0.6 is 0 Å². The molecule has 112 valence electrons. The topological polar surface area (TPSA) is 61.8 Å². The molecule has 0 radical (unpaired) electrons. The molecule has 1 aliphatic rings. The van der Waals surface area contributed by atoms with Crippen molar-refractivity contribution in [3.8, 4) is 0 Å². The van der Waals surface area contributed by atoms with Gasteiger partial charge in [-0.3, -0.25) is 0 Å². The second kappa shape index (κ2) is 8.38. The van der Waals surface area contributed by atoms with Gasteiger partial charge in [0.25, 0.3) is 0 Å². The summed E-state index contributed by atoms with van der Waals surface area (Å²) in [6, 6.07) is 0.123. The molecule has 2 atom stereocenters. The van der Waals surface area contributed by atoms with E-state index in [2.05, 4.69) is 19.2 Å². The lowest BCUT2D eigenvalue weighted by Gasteiger charge is -2.33. The van der Waals surface area contributed by atoms with Crippen molar-refractivity contribution in [2.75, 3.05) is 32.9 Å². The highest BCUT2D eigenvalue weighted by Gasteiger charge is 2.24. The second-order valence-electron chi connectivity index (χ2n) is 5.81. The largest absolute Gasteiger partial charge is 0.396 e. The van der Waals surface area contributed by atoms with Crippen LogP contribution in [0.15, 0.2) is 0 Å². The molecule has 0 saturated carbocycles. The Morgan fingerprint density at radius 2 is 2.26 bits per heavy atom. The number of rotatable bonds is 6. The fourth-order valence-corrected chi connectivity index (χ4v) is 2.51. The Hall–Kier alpha value is -0.810. The van der Waals surface area contributed by atoms with Crippen LogP contribution in [0.4, 0.5) is 4.79 Å². The number of urea groups is 1. The first-order valence-corrected chi connectivity index (χ1v) is 7.27. The molecule has 0 unspecified atom stereocenters. The molecule has 0 aliphatic carbocycles. The van der Waals surface area contributed by atoms with Gasteiger partial charge >= 0.3 is 6.03 Å². The van der Waals surface area contributed by atoms with E-state index in [1.165, 1.54) is 0 Å². The fraction of sp³-hybridized carbons (Fsp3) is 0.929. The predicted octanol–water partition coefficient (Wildman–Crippen LogP) is 1.46. The Morgan fingerprint density at radius 3 is 2.84 bits per heavy atom. The van der Waals surface area contributed by atoms with Crippen LogP contribution in [0.2, 0.25) is 0 Å². The number of hydrogen-bond donors (Lipinski definition) is 2. The Bertz CT molecular complexity index is 271. The van der Waals surface area contributed by atoms with Gasteiger partial charge < -0.3 is 20.1 Å². The summed E-state index contributed by atoms with van der Waals surface area (Å²) < 4.78 is 5.32. The number of carbonyl (C=O) groups is 1. The highest BCUT2D eigenvalue weighted by molar-refractivity contribution is 5.74. The minimum atomic E-state index is -0.0116. The third kappa shape index (κ3) is 5.78. The van der Waals surface area contributed by atoms with E-state index in [0.29, 0.717) is 38.1 Å². The van der Waals surface area contributed by atoms with Crippen LogP contribution in [0.5, 0.6) is 0 Å². The first kappa shape index (κ1) is 16.2. The number of nitrogens with zero attached hydrogens (tertiary/aromatic N) is 1. The predicted molar refractivity (Wildman–Crippen MR) is 75.0 cm³/mol. The van der Waals surface area contributed by atoms with Gasteiger partial charge in [0.05, 0.1) is 19.3 Å². The van der Waals surface area contributed by atoms with Crippen molar-refractivity contribution in [3.63, 3.8) is 0 Å². The molecule has 0 aromatic rings. The molecule has 2 N–H and O–H groups in total. The van der Waals surface area contributed by atoms with E-state index in [0.717, 1.165) is 12.8 Å². The summed E-state index contributed by atoms with van der Waals surface area (Å²) in [5.41, 5.74) is 0. The number of amides is 2. The molecule has 1 aliphatic heterocycles. The molecule has 0 bridgehead atoms. The first-order chi connectivity index (χ1) is 9.04. The monoisotopic (exact) mass is 272 g/mol. The van der Waals surface area contributed by atoms with Crippen molar-refractivity contribution in [2.45, 2.75) is 39.7 Å².